The summed E-state index contributed by atoms with van der Waals surface area (Å²) in [4.78, 5) is 9.09. The van der Waals surface area contributed by atoms with Gasteiger partial charge in [-0.25, -0.2) is 0 Å². The monoisotopic (exact) mass is 337 g/mol. The fraction of sp³-hybridized carbons (Fsp3) is 0.333. The van der Waals surface area contributed by atoms with Crippen molar-refractivity contribution < 1.29 is 5.11 Å². The molecule has 0 bridgehead atoms. The van der Waals surface area contributed by atoms with Gasteiger partial charge in [-0.1, -0.05) is 30.3 Å². The topological polar surface area (TPSA) is 57.0 Å². The van der Waals surface area contributed by atoms with Gasteiger partial charge >= 0.3 is 0 Å². The highest BCUT2D eigenvalue weighted by atomic mass is 16.3. The van der Waals surface area contributed by atoms with Gasteiger partial charge in [-0.15, -0.1) is 0 Å². The Bertz CT molecular complexity index is 754. The van der Waals surface area contributed by atoms with Crippen LogP contribution in [0.2, 0.25) is 0 Å². The van der Waals surface area contributed by atoms with Gasteiger partial charge in [0.05, 0.1) is 11.0 Å². The molecule has 0 spiro atoms. The van der Waals surface area contributed by atoms with Gasteiger partial charge in [0.1, 0.15) is 5.75 Å². The number of nitrogens with one attached hydrogen (secondary N) is 1. The van der Waals surface area contributed by atoms with Crippen molar-refractivity contribution in [2.45, 2.75) is 32.7 Å². The third-order valence-corrected chi connectivity index (χ3v) is 3.60. The van der Waals surface area contributed by atoms with Crippen molar-refractivity contribution in [1.29, 1.82) is 0 Å². The molecule has 0 aromatic heterocycles. The maximum atomic E-state index is 9.67. The Kier molecular flexibility index (Phi) is 7.70. The highest BCUT2D eigenvalue weighted by molar-refractivity contribution is 5.83. The number of aromatic hydroxyl groups is 1. The second-order valence-electron chi connectivity index (χ2n) is 6.19. The predicted octanol–water partition coefficient (Wildman–Crippen LogP) is 4.01. The summed E-state index contributed by atoms with van der Waals surface area (Å²) in [6, 6.07) is 17.8. The van der Waals surface area contributed by atoms with Crippen LogP contribution in [0.3, 0.4) is 0 Å². The minimum atomic E-state index is 0.267. The lowest BCUT2D eigenvalue weighted by Gasteiger charge is -2.08. The van der Waals surface area contributed by atoms with Gasteiger partial charge in [0.25, 0.3) is 0 Å². The average Bonchev–Trinajstić information content (AvgIpc) is 2.80. The van der Waals surface area contributed by atoms with Gasteiger partial charge in [0, 0.05) is 30.9 Å². The Hall–Kier alpha value is -2.62. The molecule has 0 fully saturated rings. The van der Waals surface area contributed by atoms with Crippen LogP contribution in [0, 0.1) is 0 Å². The van der Waals surface area contributed by atoms with Crippen molar-refractivity contribution in [3.63, 3.8) is 0 Å². The first kappa shape index (κ1) is 18.7. The van der Waals surface area contributed by atoms with Gasteiger partial charge in [0.15, 0.2) is 0 Å². The molecule has 132 valence electrons. The molecule has 0 atom stereocenters. The zero-order valence-electron chi connectivity index (χ0n) is 15.0. The molecule has 2 rings (SSSR count). The van der Waals surface area contributed by atoms with Crippen molar-refractivity contribution in [1.82, 2.24) is 0 Å². The normalized spacial score (nSPS) is 12.0. The summed E-state index contributed by atoms with van der Waals surface area (Å²) in [5.74, 6) is 0.267. The van der Waals surface area contributed by atoms with Crippen molar-refractivity contribution in [2.75, 3.05) is 18.4 Å². The van der Waals surface area contributed by atoms with E-state index < -0.39 is 0 Å². The lowest BCUT2D eigenvalue weighted by Crippen LogP contribution is -2.16. The quantitative estimate of drug-likeness (QED) is 0.565. The van der Waals surface area contributed by atoms with Gasteiger partial charge in [-0.2, -0.15) is 0 Å². The molecule has 0 aliphatic heterocycles. The van der Waals surface area contributed by atoms with Crippen LogP contribution in [0.4, 0.5) is 5.69 Å². The number of unbranched alkanes of at least 4 members (excludes halogenated alkanes) is 1. The molecule has 2 aromatic rings. The molecule has 0 aliphatic rings. The van der Waals surface area contributed by atoms with Crippen LogP contribution in [0.1, 0.15) is 32.3 Å². The molecule has 4 heteroatoms. The third-order valence-electron chi connectivity index (χ3n) is 3.60. The molecule has 0 heterocycles. The summed E-state index contributed by atoms with van der Waals surface area (Å²) in [6.45, 7) is 5.77. The van der Waals surface area contributed by atoms with Crippen molar-refractivity contribution in [3.05, 3.63) is 65.5 Å². The van der Waals surface area contributed by atoms with Gasteiger partial charge in [-0.3, -0.25) is 9.98 Å². The fourth-order valence-electron chi connectivity index (χ4n) is 2.38. The molecule has 0 amide bonds. The fourth-order valence-corrected chi connectivity index (χ4v) is 2.38. The first-order chi connectivity index (χ1) is 12.2. The molecule has 2 aromatic carbocycles. The lowest BCUT2D eigenvalue weighted by molar-refractivity contribution is 0.474. The standard InChI is InChI=1S/C21H27N3O/c1-17(2)24-20-12-5-3-4-11-19(20)23-15-9-8-14-22-16-18-10-6-7-13-21(18)25/h3-7,10-13,16-17,25H,8-9,14-15H2,1-2H3,(H,23,24). The van der Waals surface area contributed by atoms with Crippen LogP contribution in [0.5, 0.6) is 5.75 Å². The Morgan fingerprint density at radius 2 is 1.68 bits per heavy atom. The number of rotatable bonds is 8. The van der Waals surface area contributed by atoms with E-state index in [-0.39, 0.29) is 5.75 Å². The minimum Gasteiger partial charge on any atom is -0.507 e. The minimum absolute atomic E-state index is 0.267. The third kappa shape index (κ3) is 6.79. The smallest absolute Gasteiger partial charge is 0.124 e. The number of para-hydroxylation sites is 1. The molecule has 0 saturated heterocycles. The Morgan fingerprint density at radius 1 is 0.960 bits per heavy atom. The lowest BCUT2D eigenvalue weighted by atomic mass is 10.2. The van der Waals surface area contributed by atoms with E-state index >= 15 is 0 Å². The SMILES string of the molecule is CC(C)Nc1cccccc1=NCCCCN=Cc1ccccc1O. The van der Waals surface area contributed by atoms with Gasteiger partial charge < -0.3 is 10.4 Å². The molecule has 0 saturated carbocycles. The first-order valence-corrected chi connectivity index (χ1v) is 8.81. The van der Waals surface area contributed by atoms with Crippen LogP contribution in [0.15, 0.2) is 64.6 Å². The molecule has 0 unspecified atom stereocenters. The maximum Gasteiger partial charge on any atom is 0.124 e. The Labute approximate surface area is 150 Å². The van der Waals surface area contributed by atoms with Crippen LogP contribution < -0.4 is 10.7 Å². The number of aliphatic imine (C=N–C) groups is 1. The molecule has 0 aliphatic carbocycles. The van der Waals surface area contributed by atoms with E-state index in [1.165, 1.54) is 0 Å². The van der Waals surface area contributed by atoms with Crippen molar-refractivity contribution in [3.8, 4) is 5.75 Å². The van der Waals surface area contributed by atoms with Crippen molar-refractivity contribution in [2.24, 2.45) is 9.98 Å². The second-order valence-corrected chi connectivity index (χ2v) is 6.19. The maximum absolute atomic E-state index is 9.67. The zero-order chi connectivity index (χ0) is 17.9. The number of anilines is 1. The summed E-state index contributed by atoms with van der Waals surface area (Å²) in [7, 11) is 0. The van der Waals surface area contributed by atoms with Crippen LogP contribution >= 0.6 is 0 Å². The molecular weight excluding hydrogens is 310 g/mol. The summed E-state index contributed by atoms with van der Waals surface area (Å²) in [6.07, 6.45) is 3.69. The predicted molar refractivity (Wildman–Crippen MR) is 105 cm³/mol. The molecular formula is C21H27N3O. The number of phenols is 1. The van der Waals surface area contributed by atoms with Crippen LogP contribution in [-0.2, 0) is 0 Å². The molecule has 2 N–H and O–H groups in total. The van der Waals surface area contributed by atoms with E-state index in [1.807, 2.05) is 36.4 Å². The molecule has 0 radical (unpaired) electrons. The van der Waals surface area contributed by atoms with E-state index in [9.17, 15) is 5.11 Å². The number of hydrogen-bond acceptors (Lipinski definition) is 4. The first-order valence-electron chi connectivity index (χ1n) is 8.81. The van der Waals surface area contributed by atoms with E-state index in [0.29, 0.717) is 6.04 Å². The van der Waals surface area contributed by atoms with Crippen LogP contribution in [-0.4, -0.2) is 30.5 Å². The van der Waals surface area contributed by atoms with Crippen molar-refractivity contribution >= 4 is 11.9 Å². The highest BCUT2D eigenvalue weighted by Crippen LogP contribution is 2.12. The summed E-state index contributed by atoms with van der Waals surface area (Å²) >= 11 is 0. The second kappa shape index (κ2) is 10.3. The van der Waals surface area contributed by atoms with E-state index in [0.717, 1.165) is 42.5 Å². The largest absolute Gasteiger partial charge is 0.507 e. The Morgan fingerprint density at radius 3 is 2.48 bits per heavy atom. The highest BCUT2D eigenvalue weighted by Gasteiger charge is 1.97. The van der Waals surface area contributed by atoms with E-state index in [4.69, 9.17) is 4.99 Å². The summed E-state index contributed by atoms with van der Waals surface area (Å²) < 4.78 is 0. The van der Waals surface area contributed by atoms with E-state index in [1.54, 1.807) is 18.3 Å². The van der Waals surface area contributed by atoms with E-state index in [2.05, 4.69) is 30.2 Å². The van der Waals surface area contributed by atoms with Gasteiger partial charge in [0.2, 0.25) is 0 Å². The van der Waals surface area contributed by atoms with Gasteiger partial charge in [-0.05, 0) is 51.0 Å². The Balaban J connectivity index is 1.84. The molecule has 25 heavy (non-hydrogen) atoms. The number of benzene rings is 1. The average molecular weight is 337 g/mol. The molecule has 4 nitrogen and oxygen atoms in total. The number of nitrogens with zero attached hydrogens (tertiary/aromatic N) is 2. The zero-order valence-corrected chi connectivity index (χ0v) is 15.0. The number of hydrogen-bond donors (Lipinski definition) is 2. The van der Waals surface area contributed by atoms with Crippen LogP contribution in [0.25, 0.3) is 0 Å². The summed E-state index contributed by atoms with van der Waals surface area (Å²) in [5.41, 5.74) is 1.82. The summed E-state index contributed by atoms with van der Waals surface area (Å²) in [5, 5.41) is 14.1. The number of phenolic OH excluding ortho intramolecular Hbond substituents is 1.